The van der Waals surface area contributed by atoms with Crippen LogP contribution in [-0.4, -0.2) is 63.5 Å². The van der Waals surface area contributed by atoms with Gasteiger partial charge in [-0.15, -0.1) is 0 Å². The summed E-state index contributed by atoms with van der Waals surface area (Å²) in [5.41, 5.74) is 3.01. The summed E-state index contributed by atoms with van der Waals surface area (Å²) < 4.78 is 0. The molecule has 2 N–H and O–H groups in total. The van der Waals surface area contributed by atoms with Gasteiger partial charge in [0.05, 0.1) is 30.4 Å². The topological polar surface area (TPSA) is 94.2 Å². The highest BCUT2D eigenvalue weighted by Gasteiger charge is 2.32. The van der Waals surface area contributed by atoms with E-state index >= 15 is 0 Å². The number of pyridine rings is 1. The second-order valence-corrected chi connectivity index (χ2v) is 7.64. The quantitative estimate of drug-likeness (QED) is 0.822. The molecule has 2 aromatic rings. The minimum Gasteiger partial charge on any atom is -0.345 e. The number of carbonyl (C=O) groups excluding carboxylic acids is 2. The van der Waals surface area contributed by atoms with Crippen LogP contribution in [0, 0.1) is 5.92 Å². The lowest BCUT2D eigenvalue weighted by Gasteiger charge is -2.34. The molecule has 0 saturated carbocycles. The second kappa shape index (κ2) is 8.10. The fourth-order valence-corrected chi connectivity index (χ4v) is 4.08. The van der Waals surface area contributed by atoms with Gasteiger partial charge in [-0.2, -0.15) is 5.10 Å². The maximum atomic E-state index is 12.9. The zero-order valence-electron chi connectivity index (χ0n) is 16.1. The Kier molecular flexibility index (Phi) is 5.38. The predicted octanol–water partition coefficient (Wildman–Crippen LogP) is 0.961. The Labute approximate surface area is 164 Å². The van der Waals surface area contributed by atoms with Crippen molar-refractivity contribution in [3.63, 3.8) is 0 Å². The van der Waals surface area contributed by atoms with E-state index in [9.17, 15) is 9.59 Å². The van der Waals surface area contributed by atoms with Gasteiger partial charge in [-0.1, -0.05) is 6.07 Å². The molecule has 1 atom stereocenters. The third-order valence-corrected chi connectivity index (χ3v) is 5.59. The number of aromatic nitrogens is 3. The van der Waals surface area contributed by atoms with Gasteiger partial charge in [0.1, 0.15) is 0 Å². The summed E-state index contributed by atoms with van der Waals surface area (Å²) in [5.74, 6) is 0.0779. The number of nitrogens with one attached hydrogen (secondary N) is 2. The van der Waals surface area contributed by atoms with Gasteiger partial charge in [0.15, 0.2) is 5.69 Å². The van der Waals surface area contributed by atoms with Crippen molar-refractivity contribution >= 4 is 11.8 Å². The molecule has 2 aliphatic heterocycles. The van der Waals surface area contributed by atoms with Crippen LogP contribution in [0.2, 0.25) is 0 Å². The zero-order valence-corrected chi connectivity index (χ0v) is 16.1. The highest BCUT2D eigenvalue weighted by Crippen LogP contribution is 2.24. The molecule has 4 heterocycles. The molecule has 2 aliphatic rings. The van der Waals surface area contributed by atoms with Crippen molar-refractivity contribution in [2.75, 3.05) is 26.7 Å². The number of nitrogens with zero attached hydrogens (tertiary/aromatic N) is 4. The van der Waals surface area contributed by atoms with Crippen LogP contribution in [-0.2, 0) is 24.3 Å². The van der Waals surface area contributed by atoms with Crippen LogP contribution in [0.1, 0.15) is 40.3 Å². The summed E-state index contributed by atoms with van der Waals surface area (Å²) >= 11 is 0. The number of H-pyrrole nitrogens is 1. The largest absolute Gasteiger partial charge is 0.345 e. The van der Waals surface area contributed by atoms with E-state index in [2.05, 4.69) is 32.4 Å². The lowest BCUT2D eigenvalue weighted by Crippen LogP contribution is -2.45. The lowest BCUT2D eigenvalue weighted by molar-refractivity contribution is -0.138. The van der Waals surface area contributed by atoms with Gasteiger partial charge in [0, 0.05) is 24.8 Å². The average Bonchev–Trinajstić information content (AvgIpc) is 3.15. The van der Waals surface area contributed by atoms with Gasteiger partial charge in [-0.05, 0) is 45.0 Å². The van der Waals surface area contributed by atoms with E-state index in [1.54, 1.807) is 6.20 Å². The molecule has 8 heteroatoms. The van der Waals surface area contributed by atoms with Crippen LogP contribution in [0.25, 0.3) is 0 Å². The van der Waals surface area contributed by atoms with Crippen LogP contribution >= 0.6 is 0 Å². The van der Waals surface area contributed by atoms with Crippen molar-refractivity contribution < 1.29 is 9.59 Å². The minimum atomic E-state index is -0.211. The maximum Gasteiger partial charge on any atom is 0.272 e. The molecule has 0 aromatic carbocycles. The van der Waals surface area contributed by atoms with Gasteiger partial charge in [0.25, 0.3) is 5.91 Å². The average molecular weight is 382 g/mol. The number of carbonyl (C=O) groups is 2. The van der Waals surface area contributed by atoms with Gasteiger partial charge in [0.2, 0.25) is 5.91 Å². The van der Waals surface area contributed by atoms with E-state index in [4.69, 9.17) is 0 Å². The smallest absolute Gasteiger partial charge is 0.272 e. The molecule has 2 amide bonds. The number of piperidine rings is 1. The highest BCUT2D eigenvalue weighted by molar-refractivity contribution is 5.94. The van der Waals surface area contributed by atoms with Gasteiger partial charge in [-0.3, -0.25) is 19.7 Å². The standard InChI is InChI=1S/C20H26N6O2/c1-25-9-4-5-14(12-25)20(28)26-10-7-16-17(13-26)23-24-18(16)19(27)22-11-15-6-2-3-8-21-15/h2-3,6,8,14H,4-5,7,9-13H2,1H3,(H,22,27)(H,23,24). The van der Waals surface area contributed by atoms with Crippen molar-refractivity contribution in [1.29, 1.82) is 0 Å². The molecule has 1 unspecified atom stereocenters. The Morgan fingerprint density at radius 3 is 3.00 bits per heavy atom. The lowest BCUT2D eigenvalue weighted by atomic mass is 9.95. The first-order valence-electron chi connectivity index (χ1n) is 9.83. The van der Waals surface area contributed by atoms with E-state index in [-0.39, 0.29) is 17.7 Å². The fraction of sp³-hybridized carbons (Fsp3) is 0.500. The highest BCUT2D eigenvalue weighted by atomic mass is 16.2. The monoisotopic (exact) mass is 382 g/mol. The SMILES string of the molecule is CN1CCCC(C(=O)N2CCc3c(C(=O)NCc4ccccn4)n[nH]c3C2)C1. The number of fused-ring (bicyclic) bond motifs is 1. The van der Waals surface area contributed by atoms with Gasteiger partial charge in [-0.25, -0.2) is 0 Å². The molecule has 0 radical (unpaired) electrons. The summed E-state index contributed by atoms with van der Waals surface area (Å²) in [7, 11) is 2.07. The molecular formula is C20H26N6O2. The summed E-state index contributed by atoms with van der Waals surface area (Å²) in [6, 6.07) is 5.60. The molecule has 4 rings (SSSR count). The van der Waals surface area contributed by atoms with Crippen molar-refractivity contribution in [2.24, 2.45) is 5.92 Å². The first kappa shape index (κ1) is 18.6. The van der Waals surface area contributed by atoms with Crippen molar-refractivity contribution in [3.05, 3.63) is 47.0 Å². The minimum absolute atomic E-state index is 0.0735. The van der Waals surface area contributed by atoms with Crippen molar-refractivity contribution in [3.8, 4) is 0 Å². The Bertz CT molecular complexity index is 850. The number of hydrogen-bond donors (Lipinski definition) is 2. The number of aromatic amines is 1. The summed E-state index contributed by atoms with van der Waals surface area (Å²) in [5, 5.41) is 10.1. The maximum absolute atomic E-state index is 12.9. The second-order valence-electron chi connectivity index (χ2n) is 7.64. The number of rotatable bonds is 4. The summed E-state index contributed by atoms with van der Waals surface area (Å²) in [4.78, 5) is 33.8. The van der Waals surface area contributed by atoms with E-state index in [1.807, 2.05) is 23.1 Å². The number of amides is 2. The molecule has 0 bridgehead atoms. The Morgan fingerprint density at radius 1 is 1.32 bits per heavy atom. The zero-order chi connectivity index (χ0) is 19.5. The van der Waals surface area contributed by atoms with Crippen LogP contribution in [0.5, 0.6) is 0 Å². The molecule has 28 heavy (non-hydrogen) atoms. The summed E-state index contributed by atoms with van der Waals surface area (Å²) in [6.45, 7) is 3.37. The van der Waals surface area contributed by atoms with Crippen LogP contribution in [0.4, 0.5) is 0 Å². The molecule has 148 valence electrons. The Hall–Kier alpha value is -2.74. The van der Waals surface area contributed by atoms with E-state index < -0.39 is 0 Å². The molecule has 1 fully saturated rings. The molecular weight excluding hydrogens is 356 g/mol. The first-order chi connectivity index (χ1) is 13.6. The Morgan fingerprint density at radius 2 is 2.21 bits per heavy atom. The van der Waals surface area contributed by atoms with Gasteiger partial charge >= 0.3 is 0 Å². The fourth-order valence-electron chi connectivity index (χ4n) is 4.08. The number of likely N-dealkylation sites (tertiary alicyclic amines) is 1. The van der Waals surface area contributed by atoms with Crippen LogP contribution in [0.15, 0.2) is 24.4 Å². The molecule has 0 aliphatic carbocycles. The number of hydrogen-bond acceptors (Lipinski definition) is 5. The normalized spacial score (nSPS) is 19.9. The molecule has 2 aromatic heterocycles. The summed E-state index contributed by atoms with van der Waals surface area (Å²) in [6.07, 6.45) is 4.37. The molecule has 0 spiro atoms. The Balaban J connectivity index is 1.39. The van der Waals surface area contributed by atoms with Crippen LogP contribution in [0.3, 0.4) is 0 Å². The van der Waals surface area contributed by atoms with E-state index in [0.29, 0.717) is 31.7 Å². The van der Waals surface area contributed by atoms with Gasteiger partial charge < -0.3 is 15.1 Å². The van der Waals surface area contributed by atoms with E-state index in [1.165, 1.54) is 0 Å². The third-order valence-electron chi connectivity index (χ3n) is 5.59. The van der Waals surface area contributed by atoms with Crippen LogP contribution < -0.4 is 5.32 Å². The van der Waals surface area contributed by atoms with Crippen molar-refractivity contribution in [2.45, 2.75) is 32.4 Å². The molecule has 8 nitrogen and oxygen atoms in total. The van der Waals surface area contributed by atoms with E-state index in [0.717, 1.165) is 42.9 Å². The molecule has 1 saturated heterocycles. The first-order valence-corrected chi connectivity index (χ1v) is 9.83. The third kappa shape index (κ3) is 3.91. The predicted molar refractivity (Wildman–Crippen MR) is 103 cm³/mol. The van der Waals surface area contributed by atoms with Crippen molar-refractivity contribution in [1.82, 2.24) is 30.3 Å².